The van der Waals surface area contributed by atoms with E-state index in [1.165, 1.54) is 42.5 Å². The van der Waals surface area contributed by atoms with E-state index in [1.807, 2.05) is 12.3 Å². The molecule has 1 aromatic heterocycles. The molecule has 2 saturated carbocycles. The minimum Gasteiger partial charge on any atom is -0.325 e. The minimum absolute atomic E-state index is 0.0640. The zero-order valence-corrected chi connectivity index (χ0v) is 16.4. The first-order valence-corrected chi connectivity index (χ1v) is 10.9. The second-order valence-electron chi connectivity index (χ2n) is 8.68. The zero-order valence-electron chi connectivity index (χ0n) is 16.4. The predicted molar refractivity (Wildman–Crippen MR) is 111 cm³/mol. The number of pyridine rings is 1. The highest BCUT2D eigenvalue weighted by atomic mass is 16.2. The second-order valence-corrected chi connectivity index (χ2v) is 8.68. The van der Waals surface area contributed by atoms with E-state index in [0.717, 1.165) is 44.0 Å². The number of aromatic nitrogens is 1. The van der Waals surface area contributed by atoms with Crippen LogP contribution in [0.25, 0.3) is 0 Å². The molecule has 1 saturated heterocycles. The Morgan fingerprint density at radius 1 is 1.00 bits per heavy atom. The molecule has 1 aromatic carbocycles. The van der Waals surface area contributed by atoms with Gasteiger partial charge >= 0.3 is 0 Å². The predicted octanol–water partition coefficient (Wildman–Crippen LogP) is 4.83. The summed E-state index contributed by atoms with van der Waals surface area (Å²) >= 11 is 0. The van der Waals surface area contributed by atoms with Crippen molar-refractivity contribution < 1.29 is 4.79 Å². The molecule has 3 aliphatic rings. The Morgan fingerprint density at radius 3 is 2.54 bits per heavy atom. The quantitative estimate of drug-likeness (QED) is 0.786. The van der Waals surface area contributed by atoms with Crippen LogP contribution in [0.5, 0.6) is 0 Å². The van der Waals surface area contributed by atoms with E-state index in [0.29, 0.717) is 5.92 Å². The third kappa shape index (κ3) is 3.97. The summed E-state index contributed by atoms with van der Waals surface area (Å²) in [5.74, 6) is 1.56. The Labute approximate surface area is 167 Å². The third-order valence-electron chi connectivity index (χ3n) is 6.44. The maximum Gasteiger partial charge on any atom is 0.241 e. The number of carbonyl (C=O) groups excluding carboxylic acids is 1. The number of hydrogen-bond acceptors (Lipinski definition) is 3. The van der Waals surface area contributed by atoms with Crippen molar-refractivity contribution in [2.75, 3.05) is 11.9 Å². The van der Waals surface area contributed by atoms with Gasteiger partial charge < -0.3 is 5.32 Å². The van der Waals surface area contributed by atoms with E-state index in [9.17, 15) is 4.79 Å². The van der Waals surface area contributed by atoms with E-state index in [4.69, 9.17) is 0 Å². The molecule has 2 heterocycles. The lowest BCUT2D eigenvalue weighted by molar-refractivity contribution is -0.122. The largest absolute Gasteiger partial charge is 0.325 e. The summed E-state index contributed by atoms with van der Waals surface area (Å²) in [6.45, 7) is 1.75. The van der Waals surface area contributed by atoms with E-state index in [1.54, 1.807) is 0 Å². The molecule has 28 heavy (non-hydrogen) atoms. The summed E-state index contributed by atoms with van der Waals surface area (Å²) in [5.41, 5.74) is 4.87. The van der Waals surface area contributed by atoms with E-state index in [-0.39, 0.29) is 11.9 Å². The highest BCUT2D eigenvalue weighted by Gasteiger charge is 2.32. The monoisotopic (exact) mass is 375 g/mol. The van der Waals surface area contributed by atoms with Gasteiger partial charge in [0.2, 0.25) is 5.91 Å². The van der Waals surface area contributed by atoms with Gasteiger partial charge in [-0.1, -0.05) is 24.6 Å². The van der Waals surface area contributed by atoms with Crippen molar-refractivity contribution in [3.8, 4) is 0 Å². The molecule has 5 rings (SSSR count). The van der Waals surface area contributed by atoms with Crippen molar-refractivity contribution in [3.63, 3.8) is 0 Å². The molecular weight excluding hydrogens is 346 g/mol. The smallest absolute Gasteiger partial charge is 0.241 e. The summed E-state index contributed by atoms with van der Waals surface area (Å²) in [6.07, 6.45) is 10.3. The molecule has 0 radical (unpaired) electrons. The second kappa shape index (κ2) is 7.67. The van der Waals surface area contributed by atoms with Gasteiger partial charge in [0.1, 0.15) is 0 Å². The van der Waals surface area contributed by atoms with Crippen molar-refractivity contribution in [1.29, 1.82) is 0 Å². The van der Waals surface area contributed by atoms with Crippen LogP contribution in [0.3, 0.4) is 0 Å². The van der Waals surface area contributed by atoms with Crippen molar-refractivity contribution in [1.82, 2.24) is 9.88 Å². The van der Waals surface area contributed by atoms with Crippen LogP contribution in [0.1, 0.15) is 73.6 Å². The van der Waals surface area contributed by atoms with Gasteiger partial charge in [-0.05, 0) is 86.2 Å². The maximum atomic E-state index is 13.1. The molecule has 3 fully saturated rings. The highest BCUT2D eigenvalue weighted by Crippen LogP contribution is 2.42. The summed E-state index contributed by atoms with van der Waals surface area (Å²) in [7, 11) is 0. The van der Waals surface area contributed by atoms with Gasteiger partial charge in [0.05, 0.1) is 11.7 Å². The van der Waals surface area contributed by atoms with E-state index in [2.05, 4.69) is 45.5 Å². The molecule has 0 unspecified atom stereocenters. The van der Waals surface area contributed by atoms with Crippen LogP contribution in [-0.4, -0.2) is 28.4 Å². The Hall–Kier alpha value is -2.20. The van der Waals surface area contributed by atoms with Crippen LogP contribution in [0.15, 0.2) is 42.6 Å². The van der Waals surface area contributed by atoms with Crippen LogP contribution in [-0.2, 0) is 11.3 Å². The Balaban J connectivity index is 1.27. The average Bonchev–Trinajstić information content (AvgIpc) is 3.63. The molecule has 1 N–H and O–H groups in total. The Bertz CT molecular complexity index is 839. The standard InChI is InChI=1S/C24H29N3O/c28-24(26-20-12-10-18(11-13-20)17-6-7-17)23-5-1-2-15-27(23)16-22-21(19-8-9-19)4-3-14-25-22/h3-4,10-14,17,19,23H,1-2,5-9,15-16H2,(H,26,28)/t23-/m1/s1. The molecule has 0 spiro atoms. The fourth-order valence-electron chi connectivity index (χ4n) is 4.50. The number of benzene rings is 1. The van der Waals surface area contributed by atoms with Gasteiger partial charge in [0, 0.05) is 18.4 Å². The average molecular weight is 376 g/mol. The number of hydrogen-bond donors (Lipinski definition) is 1. The molecule has 1 atom stereocenters. The SMILES string of the molecule is O=C(Nc1ccc(C2CC2)cc1)[C@H]1CCCCN1Cc1ncccc1C1CC1. The van der Waals surface area contributed by atoms with E-state index < -0.39 is 0 Å². The van der Waals surface area contributed by atoms with Crippen LogP contribution in [0.4, 0.5) is 5.69 Å². The Kier molecular flexibility index (Phi) is 4.89. The summed E-state index contributed by atoms with van der Waals surface area (Å²) < 4.78 is 0. The van der Waals surface area contributed by atoms with Crippen LogP contribution < -0.4 is 5.32 Å². The van der Waals surface area contributed by atoms with Crippen molar-refractivity contribution in [2.45, 2.75) is 69.4 Å². The zero-order chi connectivity index (χ0) is 18.9. The van der Waals surface area contributed by atoms with Gasteiger partial charge in [0.25, 0.3) is 0 Å². The molecule has 4 nitrogen and oxygen atoms in total. The third-order valence-corrected chi connectivity index (χ3v) is 6.44. The minimum atomic E-state index is -0.0640. The number of rotatable bonds is 6. The highest BCUT2D eigenvalue weighted by molar-refractivity contribution is 5.94. The fourth-order valence-corrected chi connectivity index (χ4v) is 4.50. The Morgan fingerprint density at radius 2 is 1.79 bits per heavy atom. The fraction of sp³-hybridized carbons (Fsp3) is 0.500. The molecule has 146 valence electrons. The molecule has 2 aromatic rings. The van der Waals surface area contributed by atoms with Crippen molar-refractivity contribution in [3.05, 3.63) is 59.4 Å². The van der Waals surface area contributed by atoms with Gasteiger partial charge in [-0.2, -0.15) is 0 Å². The van der Waals surface area contributed by atoms with Crippen LogP contribution in [0, 0.1) is 0 Å². The van der Waals surface area contributed by atoms with Gasteiger partial charge in [-0.3, -0.25) is 14.7 Å². The lowest BCUT2D eigenvalue weighted by Gasteiger charge is -2.34. The normalized spacial score (nSPS) is 22.8. The van der Waals surface area contributed by atoms with Crippen LogP contribution in [0.2, 0.25) is 0 Å². The van der Waals surface area contributed by atoms with Gasteiger partial charge in [-0.15, -0.1) is 0 Å². The number of amides is 1. The molecule has 1 amide bonds. The summed E-state index contributed by atoms with van der Waals surface area (Å²) in [4.78, 5) is 20.1. The molecule has 0 bridgehead atoms. The van der Waals surface area contributed by atoms with E-state index >= 15 is 0 Å². The number of anilines is 1. The molecule has 1 aliphatic heterocycles. The molecular formula is C24H29N3O. The lowest BCUT2D eigenvalue weighted by atomic mass is 9.99. The summed E-state index contributed by atoms with van der Waals surface area (Å²) in [5, 5.41) is 3.16. The maximum absolute atomic E-state index is 13.1. The summed E-state index contributed by atoms with van der Waals surface area (Å²) in [6, 6.07) is 12.7. The first-order chi connectivity index (χ1) is 13.8. The first kappa shape index (κ1) is 17.9. The van der Waals surface area contributed by atoms with Crippen molar-refractivity contribution >= 4 is 11.6 Å². The van der Waals surface area contributed by atoms with Crippen LogP contribution >= 0.6 is 0 Å². The number of nitrogens with zero attached hydrogens (tertiary/aromatic N) is 2. The number of piperidine rings is 1. The number of nitrogens with one attached hydrogen (secondary N) is 1. The van der Waals surface area contributed by atoms with Gasteiger partial charge in [-0.25, -0.2) is 0 Å². The topological polar surface area (TPSA) is 45.2 Å². The molecule has 4 heteroatoms. The number of likely N-dealkylation sites (tertiary alicyclic amines) is 1. The lowest BCUT2D eigenvalue weighted by Crippen LogP contribution is -2.46. The van der Waals surface area contributed by atoms with Crippen molar-refractivity contribution in [2.24, 2.45) is 0 Å². The number of carbonyl (C=O) groups is 1. The first-order valence-electron chi connectivity index (χ1n) is 10.9. The molecule has 2 aliphatic carbocycles. The van der Waals surface area contributed by atoms with Gasteiger partial charge in [0.15, 0.2) is 0 Å².